The second kappa shape index (κ2) is 8.30. The SMILES string of the molecule is CC(OC(=O)c1ccc(OCC(N)=O)cc1)C(=O)c1ccc(Cl)cc1. The first-order valence-electron chi connectivity index (χ1n) is 7.38. The molecule has 0 saturated heterocycles. The Morgan fingerprint density at radius 1 is 1.00 bits per heavy atom. The van der Waals surface area contributed by atoms with Gasteiger partial charge in [0, 0.05) is 10.6 Å². The molecule has 6 nitrogen and oxygen atoms in total. The van der Waals surface area contributed by atoms with Crippen LogP contribution in [0.25, 0.3) is 0 Å². The maximum Gasteiger partial charge on any atom is 0.338 e. The molecule has 0 heterocycles. The minimum atomic E-state index is -0.945. The molecule has 1 atom stereocenters. The van der Waals surface area contributed by atoms with Crippen LogP contribution in [0.15, 0.2) is 48.5 Å². The molecule has 2 N–H and O–H groups in total. The fourth-order valence-corrected chi connectivity index (χ4v) is 2.10. The van der Waals surface area contributed by atoms with Crippen molar-refractivity contribution >= 4 is 29.3 Å². The largest absolute Gasteiger partial charge is 0.484 e. The normalized spacial score (nSPS) is 11.4. The number of halogens is 1. The summed E-state index contributed by atoms with van der Waals surface area (Å²) in [5, 5.41) is 0.514. The van der Waals surface area contributed by atoms with Crippen molar-refractivity contribution in [1.82, 2.24) is 0 Å². The average Bonchev–Trinajstić information content (AvgIpc) is 2.60. The predicted octanol–water partition coefficient (Wildman–Crippen LogP) is 2.63. The van der Waals surface area contributed by atoms with Crippen molar-refractivity contribution in [2.45, 2.75) is 13.0 Å². The number of carbonyl (C=O) groups is 3. The predicted molar refractivity (Wildman–Crippen MR) is 91.8 cm³/mol. The van der Waals surface area contributed by atoms with Crippen LogP contribution in [-0.4, -0.2) is 30.4 Å². The zero-order chi connectivity index (χ0) is 18.4. The molecule has 0 saturated carbocycles. The Balaban J connectivity index is 1.97. The molecule has 2 aromatic carbocycles. The molecule has 0 radical (unpaired) electrons. The minimum Gasteiger partial charge on any atom is -0.484 e. The van der Waals surface area contributed by atoms with E-state index in [2.05, 4.69) is 0 Å². The summed E-state index contributed by atoms with van der Waals surface area (Å²) >= 11 is 5.78. The summed E-state index contributed by atoms with van der Waals surface area (Å²) < 4.78 is 10.3. The van der Waals surface area contributed by atoms with Gasteiger partial charge in [0.1, 0.15) is 5.75 Å². The van der Waals surface area contributed by atoms with Gasteiger partial charge < -0.3 is 15.2 Å². The topological polar surface area (TPSA) is 95.7 Å². The smallest absolute Gasteiger partial charge is 0.338 e. The van der Waals surface area contributed by atoms with Gasteiger partial charge in [-0.3, -0.25) is 9.59 Å². The molecule has 0 aromatic heterocycles. The van der Waals surface area contributed by atoms with Crippen LogP contribution in [0.3, 0.4) is 0 Å². The van der Waals surface area contributed by atoms with Crippen molar-refractivity contribution in [1.29, 1.82) is 0 Å². The van der Waals surface area contributed by atoms with E-state index in [9.17, 15) is 14.4 Å². The van der Waals surface area contributed by atoms with E-state index in [-0.39, 0.29) is 18.0 Å². The van der Waals surface area contributed by atoms with Gasteiger partial charge in [0.15, 0.2) is 12.7 Å². The number of esters is 1. The number of benzene rings is 2. The van der Waals surface area contributed by atoms with Crippen LogP contribution >= 0.6 is 11.6 Å². The Kier molecular flexibility index (Phi) is 6.14. The van der Waals surface area contributed by atoms with E-state index in [1.807, 2.05) is 0 Å². The first-order chi connectivity index (χ1) is 11.9. The van der Waals surface area contributed by atoms with Crippen LogP contribution in [-0.2, 0) is 9.53 Å². The zero-order valence-electron chi connectivity index (χ0n) is 13.4. The number of ketones is 1. The number of nitrogens with two attached hydrogens (primary N) is 1. The maximum atomic E-state index is 12.2. The number of hydrogen-bond acceptors (Lipinski definition) is 5. The number of hydrogen-bond donors (Lipinski definition) is 1. The highest BCUT2D eigenvalue weighted by molar-refractivity contribution is 6.30. The standard InChI is InChI=1S/C18H16ClNO5/c1-11(17(22)12-2-6-14(19)7-3-12)25-18(23)13-4-8-15(9-5-13)24-10-16(20)21/h2-9,11H,10H2,1H3,(H2,20,21). The van der Waals surface area contributed by atoms with E-state index in [1.54, 1.807) is 24.3 Å². The Hall–Kier alpha value is -2.86. The molecule has 1 amide bonds. The molecule has 0 aliphatic rings. The van der Waals surface area contributed by atoms with Crippen molar-refractivity contribution in [2.75, 3.05) is 6.61 Å². The summed E-state index contributed by atoms with van der Waals surface area (Å²) in [6.45, 7) is 1.25. The van der Waals surface area contributed by atoms with Crippen LogP contribution in [0.2, 0.25) is 5.02 Å². The Morgan fingerprint density at radius 3 is 2.12 bits per heavy atom. The molecule has 7 heteroatoms. The molecule has 0 aliphatic carbocycles. The summed E-state index contributed by atoms with van der Waals surface area (Å²) in [6, 6.07) is 12.3. The number of carbonyl (C=O) groups excluding carboxylic acids is 3. The van der Waals surface area contributed by atoms with Crippen LogP contribution < -0.4 is 10.5 Å². The third-order valence-corrected chi connectivity index (χ3v) is 3.50. The molecule has 1 unspecified atom stereocenters. The van der Waals surface area contributed by atoms with E-state index in [0.717, 1.165) is 0 Å². The van der Waals surface area contributed by atoms with Crippen molar-refractivity contribution in [3.63, 3.8) is 0 Å². The highest BCUT2D eigenvalue weighted by atomic mass is 35.5. The number of primary amides is 1. The maximum absolute atomic E-state index is 12.2. The highest BCUT2D eigenvalue weighted by Gasteiger charge is 2.20. The number of ether oxygens (including phenoxy) is 2. The van der Waals surface area contributed by atoms with Gasteiger partial charge in [-0.2, -0.15) is 0 Å². The van der Waals surface area contributed by atoms with Crippen molar-refractivity contribution < 1.29 is 23.9 Å². The van der Waals surface area contributed by atoms with Gasteiger partial charge in [-0.05, 0) is 55.5 Å². The van der Waals surface area contributed by atoms with E-state index >= 15 is 0 Å². The van der Waals surface area contributed by atoms with Gasteiger partial charge in [-0.15, -0.1) is 0 Å². The molecule has 0 spiro atoms. The molecule has 25 heavy (non-hydrogen) atoms. The van der Waals surface area contributed by atoms with Gasteiger partial charge >= 0.3 is 5.97 Å². The number of amides is 1. The van der Waals surface area contributed by atoms with Gasteiger partial charge in [0.25, 0.3) is 5.91 Å². The zero-order valence-corrected chi connectivity index (χ0v) is 14.2. The van der Waals surface area contributed by atoms with Gasteiger partial charge in [0.2, 0.25) is 5.78 Å². The lowest BCUT2D eigenvalue weighted by atomic mass is 10.1. The van der Waals surface area contributed by atoms with Crippen molar-refractivity contribution in [3.8, 4) is 5.75 Å². The Labute approximate surface area is 149 Å². The van der Waals surface area contributed by atoms with Crippen molar-refractivity contribution in [3.05, 3.63) is 64.7 Å². The monoisotopic (exact) mass is 361 g/mol. The molecule has 130 valence electrons. The van der Waals surface area contributed by atoms with Gasteiger partial charge in [0.05, 0.1) is 5.56 Å². The molecule has 2 aromatic rings. The van der Waals surface area contributed by atoms with Crippen molar-refractivity contribution in [2.24, 2.45) is 5.73 Å². The second-order valence-corrected chi connectivity index (χ2v) is 5.63. The summed E-state index contributed by atoms with van der Waals surface area (Å²) in [5.41, 5.74) is 5.64. The molecule has 0 aliphatic heterocycles. The third kappa shape index (κ3) is 5.32. The fraction of sp³-hybridized carbons (Fsp3) is 0.167. The lowest BCUT2D eigenvalue weighted by Crippen LogP contribution is -2.24. The fourth-order valence-electron chi connectivity index (χ4n) is 1.97. The summed E-state index contributed by atoms with van der Waals surface area (Å²) in [4.78, 5) is 35.0. The number of rotatable bonds is 7. The summed E-state index contributed by atoms with van der Waals surface area (Å²) in [7, 11) is 0. The molecule has 0 fully saturated rings. The quantitative estimate of drug-likeness (QED) is 0.604. The summed E-state index contributed by atoms with van der Waals surface area (Å²) in [6.07, 6.45) is -0.945. The van der Waals surface area contributed by atoms with E-state index in [0.29, 0.717) is 16.3 Å². The first kappa shape index (κ1) is 18.5. The molecule has 2 rings (SSSR count). The van der Waals surface area contributed by atoms with E-state index in [4.69, 9.17) is 26.8 Å². The highest BCUT2D eigenvalue weighted by Crippen LogP contribution is 2.16. The van der Waals surface area contributed by atoms with Gasteiger partial charge in [-0.1, -0.05) is 11.6 Å². The lowest BCUT2D eigenvalue weighted by Gasteiger charge is -2.12. The van der Waals surface area contributed by atoms with Gasteiger partial charge in [-0.25, -0.2) is 4.79 Å². The van der Waals surface area contributed by atoms with E-state index in [1.165, 1.54) is 31.2 Å². The molecule has 0 bridgehead atoms. The summed E-state index contributed by atoms with van der Waals surface area (Å²) in [5.74, 6) is -1.18. The van der Waals surface area contributed by atoms with Crippen LogP contribution in [0.5, 0.6) is 5.75 Å². The average molecular weight is 362 g/mol. The molecular formula is C18H16ClNO5. The first-order valence-corrected chi connectivity index (χ1v) is 7.76. The second-order valence-electron chi connectivity index (χ2n) is 5.20. The minimum absolute atomic E-state index is 0.252. The molecular weight excluding hydrogens is 346 g/mol. The Bertz CT molecular complexity index is 771. The van der Waals surface area contributed by atoms with Crippen LogP contribution in [0.1, 0.15) is 27.6 Å². The van der Waals surface area contributed by atoms with Crippen LogP contribution in [0, 0.1) is 0 Å². The lowest BCUT2D eigenvalue weighted by molar-refractivity contribution is -0.119. The van der Waals surface area contributed by atoms with E-state index < -0.39 is 18.0 Å². The Morgan fingerprint density at radius 2 is 1.56 bits per heavy atom. The third-order valence-electron chi connectivity index (χ3n) is 3.25. The number of Topliss-reactive ketones (excluding diaryl/α,β-unsaturated/α-hetero) is 1. The van der Waals surface area contributed by atoms with Crippen LogP contribution in [0.4, 0.5) is 0 Å².